The molecule has 13 heteroatoms. The number of alkyl halides is 3. The van der Waals surface area contributed by atoms with E-state index in [1.807, 2.05) is 0 Å². The number of halogens is 4. The zero-order valence-electron chi connectivity index (χ0n) is 18.3. The number of alkyl carbamates (subject to hydrolysis) is 1. The number of rotatable bonds is 4. The molecule has 2 atom stereocenters. The fourth-order valence-electron chi connectivity index (χ4n) is 2.85. The minimum absolute atomic E-state index is 0.119. The van der Waals surface area contributed by atoms with Gasteiger partial charge >= 0.3 is 24.1 Å². The molecule has 4 N–H and O–H groups in total. The largest absolute Gasteiger partial charge is 0.480 e. The number of ether oxygens (including phenoxy) is 1. The number of aliphatic carboxylic acids is 1. The zero-order chi connectivity index (χ0) is 25.7. The van der Waals surface area contributed by atoms with Crippen molar-refractivity contribution in [2.45, 2.75) is 64.4 Å². The van der Waals surface area contributed by atoms with E-state index in [1.165, 1.54) is 18.2 Å². The van der Waals surface area contributed by atoms with Crippen molar-refractivity contribution < 1.29 is 46.6 Å². The van der Waals surface area contributed by atoms with Crippen LogP contribution < -0.4 is 16.0 Å². The second kappa shape index (κ2) is 10.5. The number of hydrogen-bond acceptors (Lipinski definition) is 5. The average Bonchev–Trinajstić information content (AvgIpc) is 3.05. The predicted octanol–water partition coefficient (Wildman–Crippen LogP) is 2.51. The van der Waals surface area contributed by atoms with E-state index in [4.69, 9.17) is 9.53 Å². The molecule has 1 aliphatic rings. The van der Waals surface area contributed by atoms with E-state index in [0.717, 1.165) is 4.90 Å². The van der Waals surface area contributed by atoms with E-state index >= 15 is 0 Å². The second-order valence-corrected chi connectivity index (χ2v) is 7.97. The van der Waals surface area contributed by atoms with E-state index in [1.54, 1.807) is 27.7 Å². The number of carbonyl (C=O) groups excluding carboxylic acids is 3. The molecule has 0 aliphatic carbocycles. The van der Waals surface area contributed by atoms with Crippen LogP contribution in [-0.2, 0) is 25.5 Å². The van der Waals surface area contributed by atoms with Crippen LogP contribution in [0.4, 0.5) is 28.0 Å². The summed E-state index contributed by atoms with van der Waals surface area (Å²) in [5.41, 5.74) is 3.46. The van der Waals surface area contributed by atoms with E-state index in [-0.39, 0.29) is 24.1 Å². The first-order valence-corrected chi connectivity index (χ1v) is 9.69. The molecule has 0 fully saturated rings. The number of anilines is 1. The Morgan fingerprint density at radius 3 is 2.21 bits per heavy atom. The molecule has 0 spiro atoms. The fraction of sp³-hybridized carbons (Fsp3) is 0.500. The second-order valence-electron chi connectivity index (χ2n) is 7.97. The van der Waals surface area contributed by atoms with Gasteiger partial charge in [0.15, 0.2) is 0 Å². The highest BCUT2D eigenvalue weighted by molar-refractivity contribution is 6.05. The normalized spacial score (nSPS) is 16.1. The molecule has 1 heterocycles. The lowest BCUT2D eigenvalue weighted by molar-refractivity contribution is -0.169. The first-order valence-electron chi connectivity index (χ1n) is 9.69. The molecule has 0 bridgehead atoms. The number of hydrogen-bond donors (Lipinski definition) is 3. The van der Waals surface area contributed by atoms with E-state index < -0.39 is 53.6 Å². The summed E-state index contributed by atoms with van der Waals surface area (Å²) in [5.74, 6) is -4.67. The van der Waals surface area contributed by atoms with E-state index in [9.17, 15) is 37.1 Å². The minimum atomic E-state index is -4.86. The molecule has 1 aliphatic heterocycles. The summed E-state index contributed by atoms with van der Waals surface area (Å²) in [6.07, 6.45) is -5.53. The van der Waals surface area contributed by atoms with Crippen LogP contribution in [0.5, 0.6) is 0 Å². The van der Waals surface area contributed by atoms with Crippen molar-refractivity contribution in [2.75, 3.05) is 4.90 Å². The molecule has 0 saturated carbocycles. The molecule has 2 rings (SSSR count). The number of benzene rings is 1. The minimum Gasteiger partial charge on any atom is -0.480 e. The molecule has 184 valence electrons. The SMILES string of the molecule is CC[C@H](NC(=O)OC(C)(C)C)C(=O)N1c2cccc(F)c2C[C@H]1C(=O)O.NC(=O)C(F)(F)F. The van der Waals surface area contributed by atoms with Crippen molar-refractivity contribution in [2.24, 2.45) is 5.73 Å². The van der Waals surface area contributed by atoms with Crippen LogP contribution >= 0.6 is 0 Å². The van der Waals surface area contributed by atoms with Gasteiger partial charge in [-0.2, -0.15) is 13.2 Å². The Labute approximate surface area is 186 Å². The summed E-state index contributed by atoms with van der Waals surface area (Å²) >= 11 is 0. The first-order chi connectivity index (χ1) is 15.0. The van der Waals surface area contributed by atoms with Crippen molar-refractivity contribution in [1.82, 2.24) is 5.32 Å². The molecule has 0 aromatic heterocycles. The van der Waals surface area contributed by atoms with Crippen LogP contribution in [0.3, 0.4) is 0 Å². The number of nitrogens with zero attached hydrogens (tertiary/aromatic N) is 1. The average molecular weight is 479 g/mol. The van der Waals surface area contributed by atoms with Crippen LogP contribution in [0.2, 0.25) is 0 Å². The summed E-state index contributed by atoms with van der Waals surface area (Å²) in [6.45, 7) is 6.75. The Bertz CT molecular complexity index is 914. The van der Waals surface area contributed by atoms with Crippen molar-refractivity contribution in [3.63, 3.8) is 0 Å². The quantitative estimate of drug-likeness (QED) is 0.567. The molecule has 33 heavy (non-hydrogen) atoms. The number of carboxylic acid groups (broad SMARTS) is 1. The Morgan fingerprint density at radius 2 is 1.79 bits per heavy atom. The molecule has 1 aromatic carbocycles. The molecule has 3 amide bonds. The number of fused-ring (bicyclic) bond motifs is 1. The highest BCUT2D eigenvalue weighted by Crippen LogP contribution is 2.34. The molecule has 9 nitrogen and oxygen atoms in total. The summed E-state index contributed by atoms with van der Waals surface area (Å²) in [7, 11) is 0. The topological polar surface area (TPSA) is 139 Å². The lowest BCUT2D eigenvalue weighted by Crippen LogP contribution is -2.53. The third-order valence-corrected chi connectivity index (χ3v) is 4.26. The number of carbonyl (C=O) groups is 4. The predicted molar refractivity (Wildman–Crippen MR) is 108 cm³/mol. The Morgan fingerprint density at radius 1 is 1.24 bits per heavy atom. The zero-order valence-corrected chi connectivity index (χ0v) is 18.3. The summed E-state index contributed by atoms with van der Waals surface area (Å²) < 4.78 is 51.3. The number of nitrogens with two attached hydrogens (primary N) is 1. The summed E-state index contributed by atoms with van der Waals surface area (Å²) in [6, 6.07) is 1.94. The third-order valence-electron chi connectivity index (χ3n) is 4.26. The van der Waals surface area contributed by atoms with Crippen molar-refractivity contribution >= 4 is 29.6 Å². The molecule has 1 aromatic rings. The van der Waals surface area contributed by atoms with Gasteiger partial charge in [0.2, 0.25) is 0 Å². The van der Waals surface area contributed by atoms with Gasteiger partial charge in [-0.3, -0.25) is 14.5 Å². The molecule has 0 unspecified atom stereocenters. The third kappa shape index (κ3) is 7.61. The Hall–Kier alpha value is -3.38. The van der Waals surface area contributed by atoms with Gasteiger partial charge in [-0.25, -0.2) is 14.0 Å². The van der Waals surface area contributed by atoms with Gasteiger partial charge in [-0.1, -0.05) is 13.0 Å². The molecule has 0 saturated heterocycles. The summed E-state index contributed by atoms with van der Waals surface area (Å²) in [4.78, 5) is 46.7. The maximum Gasteiger partial charge on any atom is 0.470 e. The maximum atomic E-state index is 14.0. The highest BCUT2D eigenvalue weighted by atomic mass is 19.4. The van der Waals surface area contributed by atoms with Crippen LogP contribution in [0.25, 0.3) is 0 Å². The lowest BCUT2D eigenvalue weighted by Gasteiger charge is -2.28. The summed E-state index contributed by atoms with van der Waals surface area (Å²) in [5, 5.41) is 11.9. The number of primary amides is 1. The van der Waals surface area contributed by atoms with Gasteiger partial charge in [0.05, 0.1) is 5.69 Å². The number of carboxylic acids is 1. The van der Waals surface area contributed by atoms with Crippen molar-refractivity contribution in [3.8, 4) is 0 Å². The van der Waals surface area contributed by atoms with Crippen LogP contribution in [0.1, 0.15) is 39.7 Å². The van der Waals surface area contributed by atoms with E-state index in [2.05, 4.69) is 11.1 Å². The monoisotopic (exact) mass is 479 g/mol. The van der Waals surface area contributed by atoms with Gasteiger partial charge in [0.1, 0.15) is 23.5 Å². The van der Waals surface area contributed by atoms with E-state index in [0.29, 0.717) is 0 Å². The molecule has 0 radical (unpaired) electrons. The molecular formula is C20H25F4N3O6. The Balaban J connectivity index is 0.000000675. The van der Waals surface area contributed by atoms with Crippen LogP contribution in [0.15, 0.2) is 18.2 Å². The maximum absolute atomic E-state index is 14.0. The Kier molecular flexibility index (Phi) is 8.79. The van der Waals surface area contributed by atoms with Gasteiger partial charge in [0.25, 0.3) is 5.91 Å². The first kappa shape index (κ1) is 27.7. The van der Waals surface area contributed by atoms with Crippen molar-refractivity contribution in [3.05, 3.63) is 29.6 Å². The number of amides is 3. The van der Waals surface area contributed by atoms with Crippen molar-refractivity contribution in [1.29, 1.82) is 0 Å². The van der Waals surface area contributed by atoms with Gasteiger partial charge < -0.3 is 20.9 Å². The van der Waals surface area contributed by atoms with Gasteiger partial charge in [-0.15, -0.1) is 0 Å². The van der Waals surface area contributed by atoms with Crippen LogP contribution in [0, 0.1) is 5.82 Å². The molecular weight excluding hydrogens is 454 g/mol. The van der Waals surface area contributed by atoms with Gasteiger partial charge in [0, 0.05) is 12.0 Å². The van der Waals surface area contributed by atoms with Gasteiger partial charge in [-0.05, 0) is 39.3 Å². The standard InChI is InChI=1S/C18H23FN2O5.C2H2F3NO/c1-5-12(20-17(25)26-18(2,3)4)15(22)21-13-8-6-7-11(19)10(13)9-14(21)16(23)24;3-2(4,5)1(6)7/h6-8,12,14H,5,9H2,1-4H3,(H,20,25)(H,23,24);(H2,6,7)/t12-,14-;/m0./s1. The lowest BCUT2D eigenvalue weighted by atomic mass is 10.1. The smallest absolute Gasteiger partial charge is 0.470 e. The number of nitrogens with one attached hydrogen (secondary N) is 1. The fourth-order valence-corrected chi connectivity index (χ4v) is 2.85. The highest BCUT2D eigenvalue weighted by Gasteiger charge is 2.42. The van der Waals surface area contributed by atoms with Crippen LogP contribution in [-0.4, -0.2) is 52.8 Å².